The maximum atomic E-state index is 13.1. The summed E-state index contributed by atoms with van der Waals surface area (Å²) in [6.45, 7) is 0. The number of ether oxygens (including phenoxy) is 2. The van der Waals surface area contributed by atoms with Gasteiger partial charge in [0.05, 0.1) is 0 Å². The monoisotopic (exact) mass is 384 g/mol. The SMILES string of the molecule is CNc1nc(-c2ccc(F)cc2)c(Oc2ccccc2OC(F)(F)F)s1. The summed E-state index contributed by atoms with van der Waals surface area (Å²) in [5.74, 6) is -0.992. The van der Waals surface area contributed by atoms with E-state index in [2.05, 4.69) is 15.0 Å². The zero-order chi connectivity index (χ0) is 18.7. The molecule has 26 heavy (non-hydrogen) atoms. The zero-order valence-corrected chi connectivity index (χ0v) is 14.1. The average molecular weight is 384 g/mol. The fourth-order valence-electron chi connectivity index (χ4n) is 2.12. The zero-order valence-electron chi connectivity index (χ0n) is 13.3. The standard InChI is InChI=1S/C17H12F4N2O2S/c1-22-16-23-14(10-6-8-11(18)9-7-10)15(26-16)24-12-4-2-3-5-13(12)25-17(19,20)21/h2-9H,1H3,(H,22,23). The van der Waals surface area contributed by atoms with Gasteiger partial charge in [-0.25, -0.2) is 9.37 Å². The Kier molecular flexibility index (Phi) is 4.99. The van der Waals surface area contributed by atoms with E-state index in [4.69, 9.17) is 4.74 Å². The molecule has 0 fully saturated rings. The number of hydrogen-bond donors (Lipinski definition) is 1. The number of anilines is 1. The van der Waals surface area contributed by atoms with Crippen LogP contribution in [0.15, 0.2) is 48.5 Å². The van der Waals surface area contributed by atoms with Crippen molar-refractivity contribution < 1.29 is 27.0 Å². The van der Waals surface area contributed by atoms with E-state index in [-0.39, 0.29) is 10.8 Å². The Morgan fingerprint density at radius 2 is 1.65 bits per heavy atom. The Bertz CT molecular complexity index is 895. The van der Waals surface area contributed by atoms with Crippen molar-refractivity contribution in [2.24, 2.45) is 0 Å². The lowest BCUT2D eigenvalue weighted by Gasteiger charge is -2.13. The minimum Gasteiger partial charge on any atom is -0.440 e. The van der Waals surface area contributed by atoms with Gasteiger partial charge in [-0.05, 0) is 36.4 Å². The molecule has 0 atom stereocenters. The summed E-state index contributed by atoms with van der Waals surface area (Å²) in [6.07, 6.45) is -4.84. The van der Waals surface area contributed by atoms with Gasteiger partial charge in [0, 0.05) is 12.6 Å². The van der Waals surface area contributed by atoms with Gasteiger partial charge in [0.1, 0.15) is 11.5 Å². The average Bonchev–Trinajstić information content (AvgIpc) is 2.99. The van der Waals surface area contributed by atoms with Crippen molar-refractivity contribution in [3.05, 3.63) is 54.3 Å². The Hall–Kier alpha value is -2.81. The first-order chi connectivity index (χ1) is 12.4. The largest absolute Gasteiger partial charge is 0.573 e. The summed E-state index contributed by atoms with van der Waals surface area (Å²) in [5.41, 5.74) is 0.939. The van der Waals surface area contributed by atoms with Crippen molar-refractivity contribution in [1.82, 2.24) is 4.98 Å². The van der Waals surface area contributed by atoms with Crippen LogP contribution in [0.2, 0.25) is 0 Å². The van der Waals surface area contributed by atoms with Crippen molar-refractivity contribution in [1.29, 1.82) is 0 Å². The van der Waals surface area contributed by atoms with E-state index >= 15 is 0 Å². The third-order valence-corrected chi connectivity index (χ3v) is 4.16. The van der Waals surface area contributed by atoms with Gasteiger partial charge in [0.25, 0.3) is 0 Å². The van der Waals surface area contributed by atoms with Crippen LogP contribution in [-0.4, -0.2) is 18.4 Å². The first-order valence-electron chi connectivity index (χ1n) is 7.33. The Balaban J connectivity index is 1.98. The van der Waals surface area contributed by atoms with E-state index in [1.54, 1.807) is 7.05 Å². The van der Waals surface area contributed by atoms with Crippen molar-refractivity contribution >= 4 is 16.5 Å². The van der Waals surface area contributed by atoms with Gasteiger partial charge < -0.3 is 14.8 Å². The molecule has 9 heteroatoms. The highest BCUT2D eigenvalue weighted by atomic mass is 32.1. The van der Waals surface area contributed by atoms with Gasteiger partial charge in [-0.15, -0.1) is 13.2 Å². The molecule has 136 valence electrons. The van der Waals surface area contributed by atoms with Gasteiger partial charge in [-0.3, -0.25) is 0 Å². The predicted octanol–water partition coefficient (Wildman–Crippen LogP) is 5.68. The molecular weight excluding hydrogens is 372 g/mol. The number of benzene rings is 2. The van der Waals surface area contributed by atoms with E-state index < -0.39 is 17.9 Å². The molecule has 0 saturated heterocycles. The number of nitrogens with zero attached hydrogens (tertiary/aromatic N) is 1. The highest BCUT2D eigenvalue weighted by molar-refractivity contribution is 7.17. The second-order valence-electron chi connectivity index (χ2n) is 5.01. The van der Waals surface area contributed by atoms with Crippen molar-refractivity contribution in [3.63, 3.8) is 0 Å². The summed E-state index contributed by atoms with van der Waals surface area (Å²) in [4.78, 5) is 4.33. The first kappa shape index (κ1) is 18.0. The topological polar surface area (TPSA) is 43.4 Å². The van der Waals surface area contributed by atoms with Crippen LogP contribution < -0.4 is 14.8 Å². The second kappa shape index (κ2) is 7.20. The van der Waals surface area contributed by atoms with Crippen molar-refractivity contribution in [2.75, 3.05) is 12.4 Å². The van der Waals surface area contributed by atoms with Crippen LogP contribution in [-0.2, 0) is 0 Å². The van der Waals surface area contributed by atoms with Crippen LogP contribution in [0.5, 0.6) is 16.6 Å². The smallest absolute Gasteiger partial charge is 0.440 e. The molecule has 0 aliphatic carbocycles. The van der Waals surface area contributed by atoms with Gasteiger partial charge in [-0.2, -0.15) is 0 Å². The van der Waals surface area contributed by atoms with Crippen LogP contribution in [0.4, 0.5) is 22.7 Å². The molecule has 4 nitrogen and oxygen atoms in total. The van der Waals surface area contributed by atoms with E-state index in [0.717, 1.165) is 17.4 Å². The van der Waals surface area contributed by atoms with E-state index in [1.165, 1.54) is 42.5 Å². The Labute approximate surface area is 150 Å². The first-order valence-corrected chi connectivity index (χ1v) is 8.14. The maximum absolute atomic E-state index is 13.1. The molecule has 3 rings (SSSR count). The number of para-hydroxylation sites is 2. The maximum Gasteiger partial charge on any atom is 0.573 e. The number of aromatic nitrogens is 1. The van der Waals surface area contributed by atoms with Crippen molar-refractivity contribution in [2.45, 2.75) is 6.36 Å². The predicted molar refractivity (Wildman–Crippen MR) is 90.3 cm³/mol. The molecule has 0 saturated carbocycles. The third-order valence-electron chi connectivity index (χ3n) is 3.21. The fraction of sp³-hybridized carbons (Fsp3) is 0.118. The molecule has 1 heterocycles. The number of hydrogen-bond acceptors (Lipinski definition) is 5. The van der Waals surface area contributed by atoms with Crippen LogP contribution >= 0.6 is 11.3 Å². The number of rotatable bonds is 5. The molecule has 1 N–H and O–H groups in total. The number of thiazole rings is 1. The molecule has 1 aromatic heterocycles. The van der Waals surface area contributed by atoms with E-state index in [0.29, 0.717) is 16.4 Å². The van der Waals surface area contributed by atoms with Gasteiger partial charge in [0.2, 0.25) is 5.06 Å². The highest BCUT2D eigenvalue weighted by Crippen LogP contribution is 2.43. The normalized spacial score (nSPS) is 11.3. The summed E-state index contributed by atoms with van der Waals surface area (Å²) < 4.78 is 60.5. The summed E-state index contributed by atoms with van der Waals surface area (Å²) >= 11 is 1.11. The molecule has 0 amide bonds. The van der Waals surface area contributed by atoms with E-state index in [9.17, 15) is 17.6 Å². The molecule has 0 aliphatic rings. The second-order valence-corrected chi connectivity index (χ2v) is 5.97. The molecule has 2 aromatic carbocycles. The summed E-state index contributed by atoms with van der Waals surface area (Å²) in [5, 5.41) is 3.59. The van der Waals surface area contributed by atoms with Crippen molar-refractivity contribution in [3.8, 4) is 27.8 Å². The number of halogens is 4. The molecule has 0 unspecified atom stereocenters. The van der Waals surface area contributed by atoms with Gasteiger partial charge >= 0.3 is 6.36 Å². The van der Waals surface area contributed by atoms with Gasteiger partial charge in [0.15, 0.2) is 16.6 Å². The highest BCUT2D eigenvalue weighted by Gasteiger charge is 2.32. The molecule has 3 aromatic rings. The Morgan fingerprint density at radius 3 is 2.27 bits per heavy atom. The lowest BCUT2D eigenvalue weighted by Crippen LogP contribution is -2.17. The van der Waals surface area contributed by atoms with Crippen LogP contribution in [0.1, 0.15) is 0 Å². The fourth-order valence-corrected chi connectivity index (χ4v) is 2.92. The molecular formula is C17H12F4N2O2S. The van der Waals surface area contributed by atoms with Crippen LogP contribution in [0, 0.1) is 5.82 Å². The third kappa shape index (κ3) is 4.23. The minimum atomic E-state index is -4.84. The molecule has 0 radical (unpaired) electrons. The molecule has 0 aliphatic heterocycles. The molecule has 0 bridgehead atoms. The van der Waals surface area contributed by atoms with E-state index in [1.807, 2.05) is 0 Å². The van der Waals surface area contributed by atoms with Crippen LogP contribution in [0.25, 0.3) is 11.3 Å². The minimum absolute atomic E-state index is 0.112. The molecule has 0 spiro atoms. The number of alkyl halides is 3. The quantitative estimate of drug-likeness (QED) is 0.575. The van der Waals surface area contributed by atoms with Gasteiger partial charge in [-0.1, -0.05) is 23.5 Å². The summed E-state index contributed by atoms with van der Waals surface area (Å²) in [7, 11) is 1.65. The van der Waals surface area contributed by atoms with Crippen LogP contribution in [0.3, 0.4) is 0 Å². The number of nitrogens with one attached hydrogen (secondary N) is 1. The Morgan fingerprint density at radius 1 is 1.00 bits per heavy atom. The lowest BCUT2D eigenvalue weighted by atomic mass is 10.2. The summed E-state index contributed by atoms with van der Waals surface area (Å²) in [6, 6.07) is 11.0. The lowest BCUT2D eigenvalue weighted by molar-refractivity contribution is -0.275.